The Morgan fingerprint density at radius 1 is 1.19 bits per heavy atom. The molecule has 0 aliphatic heterocycles. The highest BCUT2D eigenvalue weighted by Crippen LogP contribution is 2.18. The topological polar surface area (TPSA) is 56.8 Å². The van der Waals surface area contributed by atoms with Crippen LogP contribution in [0.2, 0.25) is 0 Å². The molecule has 0 aliphatic rings. The SMILES string of the molecule is CCOC(C)C(NC(C)=O)(OCC)OCC. The molecule has 0 radical (unpaired) electrons. The van der Waals surface area contributed by atoms with E-state index in [4.69, 9.17) is 14.2 Å². The first-order valence-corrected chi connectivity index (χ1v) is 5.70. The molecule has 5 nitrogen and oxygen atoms in total. The van der Waals surface area contributed by atoms with E-state index in [1.165, 1.54) is 6.92 Å². The monoisotopic (exact) mass is 233 g/mol. The Morgan fingerprint density at radius 3 is 2.00 bits per heavy atom. The van der Waals surface area contributed by atoms with Crippen molar-refractivity contribution in [3.05, 3.63) is 0 Å². The summed E-state index contributed by atoms with van der Waals surface area (Å²) in [6.07, 6.45) is -0.374. The van der Waals surface area contributed by atoms with Gasteiger partial charge >= 0.3 is 0 Å². The van der Waals surface area contributed by atoms with E-state index in [2.05, 4.69) is 5.32 Å². The number of nitrogens with one attached hydrogen (secondary N) is 1. The lowest BCUT2D eigenvalue weighted by atomic mass is 10.2. The van der Waals surface area contributed by atoms with E-state index < -0.39 is 5.91 Å². The van der Waals surface area contributed by atoms with Gasteiger partial charge in [-0.25, -0.2) is 0 Å². The molecule has 16 heavy (non-hydrogen) atoms. The van der Waals surface area contributed by atoms with E-state index in [9.17, 15) is 4.79 Å². The van der Waals surface area contributed by atoms with Crippen LogP contribution in [0.3, 0.4) is 0 Å². The van der Waals surface area contributed by atoms with Crippen LogP contribution in [0.4, 0.5) is 0 Å². The van der Waals surface area contributed by atoms with Gasteiger partial charge in [-0.05, 0) is 27.7 Å². The molecule has 1 amide bonds. The predicted molar refractivity (Wildman–Crippen MR) is 60.9 cm³/mol. The lowest BCUT2D eigenvalue weighted by Crippen LogP contribution is -2.60. The first-order chi connectivity index (χ1) is 7.52. The van der Waals surface area contributed by atoms with Crippen LogP contribution in [0.1, 0.15) is 34.6 Å². The highest BCUT2D eigenvalue weighted by atomic mass is 16.7. The van der Waals surface area contributed by atoms with Gasteiger partial charge < -0.3 is 19.5 Å². The molecule has 0 fully saturated rings. The van der Waals surface area contributed by atoms with E-state index in [1.807, 2.05) is 27.7 Å². The van der Waals surface area contributed by atoms with Gasteiger partial charge in [0.15, 0.2) is 0 Å². The third-order valence-electron chi connectivity index (χ3n) is 2.02. The third kappa shape index (κ3) is 4.47. The van der Waals surface area contributed by atoms with E-state index >= 15 is 0 Å². The maximum atomic E-state index is 11.2. The van der Waals surface area contributed by atoms with Crippen LogP contribution in [-0.4, -0.2) is 37.7 Å². The standard InChI is InChI=1S/C11H23NO4/c1-6-14-9(4)11(15-7-2,16-8-3)12-10(5)13/h9H,6-8H2,1-5H3,(H,12,13). The Hall–Kier alpha value is -0.650. The summed E-state index contributed by atoms with van der Waals surface area (Å²) in [5, 5.41) is 2.67. The minimum absolute atomic E-state index is 0.214. The number of hydrogen-bond donors (Lipinski definition) is 1. The summed E-state index contributed by atoms with van der Waals surface area (Å²) >= 11 is 0. The molecule has 0 aromatic rings. The zero-order chi connectivity index (χ0) is 12.6. The van der Waals surface area contributed by atoms with Crippen molar-refractivity contribution >= 4 is 5.91 Å². The van der Waals surface area contributed by atoms with Crippen LogP contribution >= 0.6 is 0 Å². The molecule has 0 aliphatic carbocycles. The van der Waals surface area contributed by atoms with Gasteiger partial charge in [-0.3, -0.25) is 4.79 Å². The second-order valence-electron chi connectivity index (χ2n) is 3.31. The number of carbonyl (C=O) groups excluding carboxylic acids is 1. The summed E-state index contributed by atoms with van der Waals surface area (Å²) < 4.78 is 16.5. The molecule has 0 bridgehead atoms. The van der Waals surface area contributed by atoms with Crippen molar-refractivity contribution in [1.29, 1.82) is 0 Å². The maximum Gasteiger partial charge on any atom is 0.278 e. The van der Waals surface area contributed by atoms with Crippen LogP contribution in [0, 0.1) is 0 Å². The molecule has 1 N–H and O–H groups in total. The third-order valence-corrected chi connectivity index (χ3v) is 2.02. The molecule has 0 aromatic carbocycles. The quantitative estimate of drug-likeness (QED) is 0.641. The molecule has 0 aromatic heterocycles. The van der Waals surface area contributed by atoms with Crippen molar-refractivity contribution in [1.82, 2.24) is 5.32 Å². The highest BCUT2D eigenvalue weighted by Gasteiger charge is 2.40. The Kier molecular flexibility index (Phi) is 7.29. The van der Waals surface area contributed by atoms with Crippen molar-refractivity contribution in [2.75, 3.05) is 19.8 Å². The second-order valence-corrected chi connectivity index (χ2v) is 3.31. The van der Waals surface area contributed by atoms with Gasteiger partial charge in [0, 0.05) is 26.7 Å². The fourth-order valence-electron chi connectivity index (χ4n) is 1.48. The number of ether oxygens (including phenoxy) is 3. The molecule has 1 atom stereocenters. The Balaban J connectivity index is 4.81. The van der Waals surface area contributed by atoms with Gasteiger partial charge in [0.1, 0.15) is 6.10 Å². The summed E-state index contributed by atoms with van der Waals surface area (Å²) in [5.74, 6) is -1.40. The first-order valence-electron chi connectivity index (χ1n) is 5.70. The molecular weight excluding hydrogens is 210 g/mol. The van der Waals surface area contributed by atoms with E-state index in [1.54, 1.807) is 0 Å². The molecule has 96 valence electrons. The van der Waals surface area contributed by atoms with E-state index in [0.717, 1.165) is 0 Å². The maximum absolute atomic E-state index is 11.2. The lowest BCUT2D eigenvalue weighted by molar-refractivity contribution is -0.297. The van der Waals surface area contributed by atoms with Crippen LogP contribution in [0.5, 0.6) is 0 Å². The largest absolute Gasteiger partial charge is 0.371 e. The van der Waals surface area contributed by atoms with Crippen LogP contribution in [0.25, 0.3) is 0 Å². The van der Waals surface area contributed by atoms with Crippen LogP contribution in [-0.2, 0) is 19.0 Å². The van der Waals surface area contributed by atoms with Gasteiger partial charge in [-0.15, -0.1) is 0 Å². The zero-order valence-corrected chi connectivity index (χ0v) is 10.8. The van der Waals surface area contributed by atoms with Crippen molar-refractivity contribution in [3.8, 4) is 0 Å². The van der Waals surface area contributed by atoms with E-state index in [-0.39, 0.29) is 12.0 Å². The Morgan fingerprint density at radius 2 is 1.69 bits per heavy atom. The number of carbonyl (C=O) groups is 1. The second kappa shape index (κ2) is 7.60. The minimum Gasteiger partial charge on any atom is -0.371 e. The van der Waals surface area contributed by atoms with Gasteiger partial charge in [-0.1, -0.05) is 0 Å². The van der Waals surface area contributed by atoms with Crippen LogP contribution < -0.4 is 5.32 Å². The molecule has 0 saturated heterocycles. The smallest absolute Gasteiger partial charge is 0.278 e. The predicted octanol–water partition coefficient (Wildman–Crippen LogP) is 1.27. The lowest BCUT2D eigenvalue weighted by Gasteiger charge is -2.37. The van der Waals surface area contributed by atoms with Gasteiger partial charge in [0.05, 0.1) is 0 Å². The van der Waals surface area contributed by atoms with Gasteiger partial charge in [0.2, 0.25) is 5.91 Å². The summed E-state index contributed by atoms with van der Waals surface area (Å²) in [6.45, 7) is 10.2. The Bertz CT molecular complexity index is 202. The molecule has 5 heteroatoms. The van der Waals surface area contributed by atoms with Crippen LogP contribution in [0.15, 0.2) is 0 Å². The summed E-state index contributed by atoms with van der Waals surface area (Å²) in [4.78, 5) is 11.2. The van der Waals surface area contributed by atoms with Crippen molar-refractivity contribution < 1.29 is 19.0 Å². The average molecular weight is 233 g/mol. The number of amides is 1. The molecule has 0 rings (SSSR count). The Labute approximate surface area is 97.4 Å². The normalized spacial score (nSPS) is 13.6. The first kappa shape index (κ1) is 15.3. The van der Waals surface area contributed by atoms with Crippen molar-refractivity contribution in [2.45, 2.75) is 46.6 Å². The minimum atomic E-state index is -1.19. The molecule has 1 unspecified atom stereocenters. The van der Waals surface area contributed by atoms with E-state index in [0.29, 0.717) is 19.8 Å². The van der Waals surface area contributed by atoms with Gasteiger partial charge in [0.25, 0.3) is 5.91 Å². The number of hydrogen-bond acceptors (Lipinski definition) is 4. The van der Waals surface area contributed by atoms with Crippen molar-refractivity contribution in [2.24, 2.45) is 0 Å². The molecular formula is C11H23NO4. The van der Waals surface area contributed by atoms with Crippen molar-refractivity contribution in [3.63, 3.8) is 0 Å². The molecule has 0 saturated carbocycles. The zero-order valence-electron chi connectivity index (χ0n) is 10.8. The summed E-state index contributed by atoms with van der Waals surface area (Å²) in [6, 6.07) is 0. The number of rotatable bonds is 8. The van der Waals surface area contributed by atoms with Gasteiger partial charge in [-0.2, -0.15) is 0 Å². The summed E-state index contributed by atoms with van der Waals surface area (Å²) in [5.41, 5.74) is 0. The fourth-order valence-corrected chi connectivity index (χ4v) is 1.48. The molecule has 0 heterocycles. The fraction of sp³-hybridized carbons (Fsp3) is 0.909. The highest BCUT2D eigenvalue weighted by molar-refractivity contribution is 5.73. The molecule has 0 spiro atoms. The average Bonchev–Trinajstić information content (AvgIpc) is 2.17. The summed E-state index contributed by atoms with van der Waals surface area (Å²) in [7, 11) is 0.